The van der Waals surface area contributed by atoms with Crippen LogP contribution in [-0.4, -0.2) is 23.4 Å². The van der Waals surface area contributed by atoms with Gasteiger partial charge in [0.05, 0.1) is 0 Å². The van der Waals surface area contributed by atoms with Gasteiger partial charge in [-0.25, -0.2) is 0 Å². The van der Waals surface area contributed by atoms with E-state index in [4.69, 9.17) is 0 Å². The summed E-state index contributed by atoms with van der Waals surface area (Å²) in [5.74, 6) is 0.341. The summed E-state index contributed by atoms with van der Waals surface area (Å²) in [5.41, 5.74) is 0. The van der Waals surface area contributed by atoms with E-state index in [9.17, 15) is 4.79 Å². The molecule has 0 heterocycles. The van der Waals surface area contributed by atoms with E-state index >= 15 is 0 Å². The van der Waals surface area contributed by atoms with Crippen molar-refractivity contribution in [3.8, 4) is 0 Å². The molecule has 2 nitrogen and oxygen atoms in total. The highest BCUT2D eigenvalue weighted by molar-refractivity contribution is 5.76. The molecular weight excluding hydrogens is 198 g/mol. The van der Waals surface area contributed by atoms with Crippen molar-refractivity contribution >= 4 is 5.91 Å². The molecule has 0 spiro atoms. The van der Waals surface area contributed by atoms with Crippen LogP contribution in [0.2, 0.25) is 0 Å². The molecule has 0 aromatic carbocycles. The Morgan fingerprint density at radius 3 is 2.25 bits per heavy atom. The van der Waals surface area contributed by atoms with Crippen molar-refractivity contribution in [1.82, 2.24) is 4.90 Å². The van der Waals surface area contributed by atoms with Gasteiger partial charge in [0.15, 0.2) is 0 Å². The standard InChI is InChI=1S/C14H29NO/c1-5-8-9-10-12-15(13(4)7-3)14(16)11-6-2/h13H,5-12H2,1-4H3. The first kappa shape index (κ1) is 15.5. The lowest BCUT2D eigenvalue weighted by Crippen LogP contribution is -2.38. The second-order valence-corrected chi connectivity index (χ2v) is 4.66. The van der Waals surface area contributed by atoms with Gasteiger partial charge in [-0.2, -0.15) is 0 Å². The molecule has 0 aliphatic heterocycles. The number of nitrogens with zero attached hydrogens (tertiary/aromatic N) is 1. The number of amides is 1. The Hall–Kier alpha value is -0.530. The first-order chi connectivity index (χ1) is 7.67. The maximum atomic E-state index is 11.9. The summed E-state index contributed by atoms with van der Waals surface area (Å²) in [6, 6.07) is 0.403. The summed E-state index contributed by atoms with van der Waals surface area (Å²) in [5, 5.41) is 0. The van der Waals surface area contributed by atoms with E-state index in [0.29, 0.717) is 18.4 Å². The van der Waals surface area contributed by atoms with Crippen molar-refractivity contribution in [2.24, 2.45) is 0 Å². The van der Waals surface area contributed by atoms with Crippen LogP contribution in [0.1, 0.15) is 72.6 Å². The average molecular weight is 227 g/mol. The lowest BCUT2D eigenvalue weighted by molar-refractivity contribution is -0.133. The largest absolute Gasteiger partial charge is 0.340 e. The molecule has 16 heavy (non-hydrogen) atoms. The smallest absolute Gasteiger partial charge is 0.222 e. The van der Waals surface area contributed by atoms with Crippen molar-refractivity contribution in [1.29, 1.82) is 0 Å². The molecule has 0 aromatic heterocycles. The minimum atomic E-state index is 0.341. The molecule has 96 valence electrons. The third-order valence-electron chi connectivity index (χ3n) is 3.16. The second kappa shape index (κ2) is 9.68. The quantitative estimate of drug-likeness (QED) is 0.545. The minimum Gasteiger partial charge on any atom is -0.340 e. The molecule has 1 atom stereocenters. The number of unbranched alkanes of at least 4 members (excludes halogenated alkanes) is 3. The third-order valence-corrected chi connectivity index (χ3v) is 3.16. The maximum Gasteiger partial charge on any atom is 0.222 e. The number of hydrogen-bond acceptors (Lipinski definition) is 1. The van der Waals surface area contributed by atoms with Gasteiger partial charge in [-0.15, -0.1) is 0 Å². The highest BCUT2D eigenvalue weighted by Gasteiger charge is 2.16. The summed E-state index contributed by atoms with van der Waals surface area (Å²) in [7, 11) is 0. The van der Waals surface area contributed by atoms with E-state index in [2.05, 4.69) is 32.6 Å². The van der Waals surface area contributed by atoms with Gasteiger partial charge in [-0.1, -0.05) is 40.0 Å². The Labute approximate surface area is 101 Å². The first-order valence-electron chi connectivity index (χ1n) is 6.96. The zero-order chi connectivity index (χ0) is 12.4. The van der Waals surface area contributed by atoms with E-state index < -0.39 is 0 Å². The topological polar surface area (TPSA) is 20.3 Å². The molecule has 0 N–H and O–H groups in total. The molecule has 0 aromatic rings. The number of carbonyl (C=O) groups excluding carboxylic acids is 1. The Morgan fingerprint density at radius 2 is 1.75 bits per heavy atom. The predicted octanol–water partition coefficient (Wildman–Crippen LogP) is 3.99. The van der Waals surface area contributed by atoms with Gasteiger partial charge in [0, 0.05) is 19.0 Å². The summed E-state index contributed by atoms with van der Waals surface area (Å²) in [4.78, 5) is 14.0. The molecule has 0 bridgehead atoms. The van der Waals surface area contributed by atoms with Crippen molar-refractivity contribution < 1.29 is 4.79 Å². The summed E-state index contributed by atoms with van der Waals surface area (Å²) >= 11 is 0. The van der Waals surface area contributed by atoms with Gasteiger partial charge in [-0.3, -0.25) is 4.79 Å². The van der Waals surface area contributed by atoms with Gasteiger partial charge in [0.1, 0.15) is 0 Å². The van der Waals surface area contributed by atoms with E-state index in [1.54, 1.807) is 0 Å². The molecular formula is C14H29NO. The molecule has 0 rings (SSSR count). The zero-order valence-electron chi connectivity index (χ0n) is 11.6. The van der Waals surface area contributed by atoms with Crippen molar-refractivity contribution in [2.75, 3.05) is 6.54 Å². The molecule has 0 saturated heterocycles. The van der Waals surface area contributed by atoms with Crippen LogP contribution in [0.3, 0.4) is 0 Å². The van der Waals surface area contributed by atoms with Crippen LogP contribution in [0.25, 0.3) is 0 Å². The van der Waals surface area contributed by atoms with Crippen LogP contribution >= 0.6 is 0 Å². The summed E-state index contributed by atoms with van der Waals surface area (Å²) in [6.45, 7) is 9.56. The van der Waals surface area contributed by atoms with E-state index in [1.165, 1.54) is 19.3 Å². The maximum absolute atomic E-state index is 11.9. The van der Waals surface area contributed by atoms with Crippen molar-refractivity contribution in [2.45, 2.75) is 78.7 Å². The number of hydrogen-bond donors (Lipinski definition) is 0. The molecule has 0 saturated carbocycles. The predicted molar refractivity (Wildman–Crippen MR) is 70.5 cm³/mol. The monoisotopic (exact) mass is 227 g/mol. The first-order valence-corrected chi connectivity index (χ1v) is 6.96. The normalized spacial score (nSPS) is 12.5. The Morgan fingerprint density at radius 1 is 1.06 bits per heavy atom. The van der Waals surface area contributed by atoms with E-state index in [0.717, 1.165) is 25.8 Å². The SMILES string of the molecule is CCCCCCN(C(=O)CCC)C(C)CC. The fourth-order valence-electron chi connectivity index (χ4n) is 1.88. The molecule has 0 aliphatic rings. The molecule has 1 unspecified atom stereocenters. The minimum absolute atomic E-state index is 0.341. The molecule has 2 heteroatoms. The van der Waals surface area contributed by atoms with Crippen LogP contribution in [0.4, 0.5) is 0 Å². The highest BCUT2D eigenvalue weighted by atomic mass is 16.2. The lowest BCUT2D eigenvalue weighted by atomic mass is 10.1. The number of rotatable bonds is 9. The van der Waals surface area contributed by atoms with Crippen molar-refractivity contribution in [3.63, 3.8) is 0 Å². The summed E-state index contributed by atoms with van der Waals surface area (Å²) in [6.07, 6.45) is 7.68. The van der Waals surface area contributed by atoms with Gasteiger partial charge in [0.2, 0.25) is 5.91 Å². The lowest BCUT2D eigenvalue weighted by Gasteiger charge is -2.28. The Kier molecular flexibility index (Phi) is 9.36. The third kappa shape index (κ3) is 6.14. The zero-order valence-corrected chi connectivity index (χ0v) is 11.6. The fourth-order valence-corrected chi connectivity index (χ4v) is 1.88. The molecule has 0 aliphatic carbocycles. The van der Waals surface area contributed by atoms with Gasteiger partial charge < -0.3 is 4.90 Å². The number of carbonyl (C=O) groups is 1. The van der Waals surface area contributed by atoms with Gasteiger partial charge >= 0.3 is 0 Å². The molecule has 0 radical (unpaired) electrons. The Bertz CT molecular complexity index is 180. The average Bonchev–Trinajstić information content (AvgIpc) is 2.28. The van der Waals surface area contributed by atoms with E-state index in [1.807, 2.05) is 0 Å². The van der Waals surface area contributed by atoms with Crippen LogP contribution in [0, 0.1) is 0 Å². The van der Waals surface area contributed by atoms with Gasteiger partial charge in [0.25, 0.3) is 0 Å². The summed E-state index contributed by atoms with van der Waals surface area (Å²) < 4.78 is 0. The van der Waals surface area contributed by atoms with Crippen molar-refractivity contribution in [3.05, 3.63) is 0 Å². The van der Waals surface area contributed by atoms with Crippen LogP contribution in [-0.2, 0) is 4.79 Å². The Balaban J connectivity index is 4.05. The molecule has 1 amide bonds. The van der Waals surface area contributed by atoms with Crippen LogP contribution in [0.5, 0.6) is 0 Å². The second-order valence-electron chi connectivity index (χ2n) is 4.66. The highest BCUT2D eigenvalue weighted by Crippen LogP contribution is 2.10. The van der Waals surface area contributed by atoms with E-state index in [-0.39, 0.29) is 0 Å². The van der Waals surface area contributed by atoms with Crippen LogP contribution in [0.15, 0.2) is 0 Å². The fraction of sp³-hybridized carbons (Fsp3) is 0.929. The van der Waals surface area contributed by atoms with Crippen LogP contribution < -0.4 is 0 Å². The van der Waals surface area contributed by atoms with Gasteiger partial charge in [-0.05, 0) is 26.2 Å². The molecule has 0 fully saturated rings.